The number of rotatable bonds is 4. The van der Waals surface area contributed by atoms with Crippen LogP contribution in [0, 0.1) is 5.92 Å². The summed E-state index contributed by atoms with van der Waals surface area (Å²) in [5.74, 6) is 0.487. The number of likely N-dealkylation sites (tertiary alicyclic amines) is 1. The number of aromatic nitrogens is 3. The first-order chi connectivity index (χ1) is 13.6. The number of fused-ring (bicyclic) bond motifs is 1. The van der Waals surface area contributed by atoms with Crippen molar-refractivity contribution in [1.82, 2.24) is 19.9 Å². The molecule has 1 aliphatic carbocycles. The van der Waals surface area contributed by atoms with E-state index in [4.69, 9.17) is 9.47 Å². The van der Waals surface area contributed by atoms with Crippen LogP contribution in [0.1, 0.15) is 12.0 Å². The number of nitrogens with zero attached hydrogens (tertiary/aromatic N) is 5. The third kappa shape index (κ3) is 2.69. The molecule has 5 rings (SSSR count). The zero-order valence-electron chi connectivity index (χ0n) is 15.5. The predicted octanol–water partition coefficient (Wildman–Crippen LogP) is 1.64. The third-order valence-electron chi connectivity index (χ3n) is 6.07. The SMILES string of the molecule is COC(=O)N1CC2CC2(c2ccc(N3CC(Cn4ccnn4)OC3=O)cc2)C1. The van der Waals surface area contributed by atoms with Crippen molar-refractivity contribution in [2.45, 2.75) is 24.5 Å². The average molecular weight is 383 g/mol. The van der Waals surface area contributed by atoms with Crippen LogP contribution in [0.3, 0.4) is 0 Å². The predicted molar refractivity (Wildman–Crippen MR) is 97.8 cm³/mol. The molecule has 3 aliphatic rings. The fourth-order valence-corrected chi connectivity index (χ4v) is 4.54. The molecule has 1 saturated carbocycles. The molecule has 3 fully saturated rings. The molecule has 1 aromatic carbocycles. The quantitative estimate of drug-likeness (QED) is 0.797. The molecule has 2 saturated heterocycles. The molecule has 1 aromatic heterocycles. The van der Waals surface area contributed by atoms with Gasteiger partial charge < -0.3 is 14.4 Å². The minimum Gasteiger partial charge on any atom is -0.453 e. The molecule has 2 amide bonds. The van der Waals surface area contributed by atoms with Gasteiger partial charge in [0.1, 0.15) is 6.10 Å². The topological polar surface area (TPSA) is 89.8 Å². The normalized spacial score (nSPS) is 28.2. The summed E-state index contributed by atoms with van der Waals surface area (Å²) >= 11 is 0. The smallest absolute Gasteiger partial charge is 0.414 e. The van der Waals surface area contributed by atoms with E-state index in [1.807, 2.05) is 12.1 Å². The Hall–Kier alpha value is -3.10. The summed E-state index contributed by atoms with van der Waals surface area (Å²) in [7, 11) is 1.42. The summed E-state index contributed by atoms with van der Waals surface area (Å²) in [5.41, 5.74) is 2.05. The second-order valence-corrected chi connectivity index (χ2v) is 7.70. The summed E-state index contributed by atoms with van der Waals surface area (Å²) in [6.07, 6.45) is 3.56. The van der Waals surface area contributed by atoms with E-state index in [9.17, 15) is 9.59 Å². The Bertz CT molecular complexity index is 900. The van der Waals surface area contributed by atoms with Crippen molar-refractivity contribution in [3.05, 3.63) is 42.2 Å². The van der Waals surface area contributed by atoms with Gasteiger partial charge in [-0.1, -0.05) is 17.3 Å². The second kappa shape index (κ2) is 6.22. The number of piperidine rings is 1. The van der Waals surface area contributed by atoms with Crippen molar-refractivity contribution in [2.24, 2.45) is 5.92 Å². The highest BCUT2D eigenvalue weighted by molar-refractivity contribution is 5.89. The minimum absolute atomic E-state index is 0.0356. The van der Waals surface area contributed by atoms with Crippen LogP contribution in [0.2, 0.25) is 0 Å². The maximum absolute atomic E-state index is 12.3. The molecule has 146 valence electrons. The Morgan fingerprint density at radius 3 is 2.86 bits per heavy atom. The number of benzene rings is 1. The van der Waals surface area contributed by atoms with Crippen LogP contribution < -0.4 is 4.90 Å². The lowest BCUT2D eigenvalue weighted by atomic mass is 9.95. The number of anilines is 1. The molecule has 2 aromatic rings. The van der Waals surface area contributed by atoms with Gasteiger partial charge in [-0.3, -0.25) is 4.90 Å². The largest absolute Gasteiger partial charge is 0.453 e. The number of cyclic esters (lactones) is 1. The van der Waals surface area contributed by atoms with E-state index in [0.29, 0.717) is 25.6 Å². The van der Waals surface area contributed by atoms with Crippen LogP contribution in [0.25, 0.3) is 0 Å². The number of hydrogen-bond acceptors (Lipinski definition) is 6. The van der Waals surface area contributed by atoms with E-state index in [1.54, 1.807) is 26.9 Å². The Labute approximate surface area is 161 Å². The van der Waals surface area contributed by atoms with Gasteiger partial charge in [-0.05, 0) is 30.0 Å². The second-order valence-electron chi connectivity index (χ2n) is 7.70. The fraction of sp³-hybridized carbons (Fsp3) is 0.474. The molecular formula is C19H21N5O4. The summed E-state index contributed by atoms with van der Waals surface area (Å²) in [5, 5.41) is 7.68. The highest BCUT2D eigenvalue weighted by Gasteiger charge is 2.61. The highest BCUT2D eigenvalue weighted by Crippen LogP contribution is 2.59. The van der Waals surface area contributed by atoms with E-state index in [0.717, 1.165) is 18.7 Å². The molecule has 0 bridgehead atoms. The van der Waals surface area contributed by atoms with Gasteiger partial charge in [0.25, 0.3) is 0 Å². The molecule has 3 heterocycles. The van der Waals surface area contributed by atoms with Crippen molar-refractivity contribution < 1.29 is 19.1 Å². The van der Waals surface area contributed by atoms with Gasteiger partial charge in [0, 0.05) is 30.4 Å². The maximum atomic E-state index is 12.3. The monoisotopic (exact) mass is 383 g/mol. The lowest BCUT2D eigenvalue weighted by Crippen LogP contribution is -2.32. The number of ether oxygens (including phenoxy) is 2. The van der Waals surface area contributed by atoms with Crippen LogP contribution in [0.5, 0.6) is 0 Å². The van der Waals surface area contributed by atoms with Crippen LogP contribution in [0.15, 0.2) is 36.7 Å². The number of amides is 2. The van der Waals surface area contributed by atoms with E-state index < -0.39 is 0 Å². The highest BCUT2D eigenvalue weighted by atomic mass is 16.6. The molecule has 3 atom stereocenters. The minimum atomic E-state index is -0.349. The number of methoxy groups -OCH3 is 1. The van der Waals surface area contributed by atoms with Crippen molar-refractivity contribution in [3.8, 4) is 0 Å². The van der Waals surface area contributed by atoms with Crippen LogP contribution >= 0.6 is 0 Å². The fourth-order valence-electron chi connectivity index (χ4n) is 4.54. The third-order valence-corrected chi connectivity index (χ3v) is 6.07. The van der Waals surface area contributed by atoms with Crippen LogP contribution in [-0.2, 0) is 21.4 Å². The number of hydrogen-bond donors (Lipinski definition) is 0. The summed E-state index contributed by atoms with van der Waals surface area (Å²) in [6, 6.07) is 8.04. The Morgan fingerprint density at radius 2 is 2.14 bits per heavy atom. The molecule has 9 nitrogen and oxygen atoms in total. The molecule has 28 heavy (non-hydrogen) atoms. The number of carbonyl (C=O) groups excluding carboxylic acids is 2. The van der Waals surface area contributed by atoms with Gasteiger partial charge >= 0.3 is 12.2 Å². The maximum Gasteiger partial charge on any atom is 0.414 e. The zero-order valence-corrected chi connectivity index (χ0v) is 15.5. The van der Waals surface area contributed by atoms with E-state index in [1.165, 1.54) is 12.7 Å². The number of carbonyl (C=O) groups is 2. The van der Waals surface area contributed by atoms with Gasteiger partial charge in [-0.25, -0.2) is 14.3 Å². The average Bonchev–Trinajstić information content (AvgIpc) is 3.10. The molecule has 0 N–H and O–H groups in total. The summed E-state index contributed by atoms with van der Waals surface area (Å²) < 4.78 is 12.0. The first kappa shape index (κ1) is 17.0. The zero-order chi connectivity index (χ0) is 19.3. The molecule has 0 radical (unpaired) electrons. The van der Waals surface area contributed by atoms with Crippen LogP contribution in [-0.4, -0.2) is 64.9 Å². The first-order valence-corrected chi connectivity index (χ1v) is 9.35. The van der Waals surface area contributed by atoms with E-state index in [2.05, 4.69) is 22.4 Å². The van der Waals surface area contributed by atoms with Crippen LogP contribution in [0.4, 0.5) is 15.3 Å². The molecular weight excluding hydrogens is 362 g/mol. The van der Waals surface area contributed by atoms with Crippen molar-refractivity contribution >= 4 is 17.9 Å². The van der Waals surface area contributed by atoms with Crippen molar-refractivity contribution in [3.63, 3.8) is 0 Å². The molecule has 0 spiro atoms. The van der Waals surface area contributed by atoms with Gasteiger partial charge in [0.05, 0.1) is 26.4 Å². The molecule has 9 heteroatoms. The standard InChI is InChI=1S/C19H21N5O4/c1-27-17(25)22-9-14-8-19(14,12-22)13-2-4-15(5-3-13)24-11-16(28-18(24)26)10-23-7-6-20-21-23/h2-7,14,16H,8-12H2,1H3. The lowest BCUT2D eigenvalue weighted by Gasteiger charge is -2.20. The Kier molecular flexibility index (Phi) is 3.78. The Balaban J connectivity index is 1.27. The lowest BCUT2D eigenvalue weighted by molar-refractivity contribution is 0.127. The summed E-state index contributed by atoms with van der Waals surface area (Å²) in [6.45, 7) is 2.39. The van der Waals surface area contributed by atoms with Crippen molar-refractivity contribution in [2.75, 3.05) is 31.6 Å². The molecule has 2 aliphatic heterocycles. The van der Waals surface area contributed by atoms with E-state index >= 15 is 0 Å². The van der Waals surface area contributed by atoms with Gasteiger partial charge in [-0.15, -0.1) is 5.10 Å². The summed E-state index contributed by atoms with van der Waals surface area (Å²) in [4.78, 5) is 27.5. The Morgan fingerprint density at radius 1 is 1.32 bits per heavy atom. The first-order valence-electron chi connectivity index (χ1n) is 9.35. The van der Waals surface area contributed by atoms with Gasteiger partial charge in [0.15, 0.2) is 0 Å². The van der Waals surface area contributed by atoms with Crippen molar-refractivity contribution in [1.29, 1.82) is 0 Å². The van der Waals surface area contributed by atoms with E-state index in [-0.39, 0.29) is 23.7 Å². The van der Waals surface area contributed by atoms with Gasteiger partial charge in [-0.2, -0.15) is 0 Å². The van der Waals surface area contributed by atoms with Gasteiger partial charge in [0.2, 0.25) is 0 Å². The molecule has 3 unspecified atom stereocenters.